The van der Waals surface area contributed by atoms with Gasteiger partial charge in [-0.25, -0.2) is 13.2 Å². The number of amides is 1. The molecule has 1 saturated heterocycles. The van der Waals surface area contributed by atoms with Gasteiger partial charge in [0.1, 0.15) is 0 Å². The van der Waals surface area contributed by atoms with Crippen molar-refractivity contribution in [3.8, 4) is 0 Å². The summed E-state index contributed by atoms with van der Waals surface area (Å²) in [6.07, 6.45) is 2.57. The Bertz CT molecular complexity index is 327. The topological polar surface area (TPSA) is 63.7 Å². The van der Waals surface area contributed by atoms with Gasteiger partial charge in [-0.05, 0) is 6.42 Å². The van der Waals surface area contributed by atoms with E-state index in [-0.39, 0.29) is 17.5 Å². The predicted molar refractivity (Wildman–Crippen MR) is 61.1 cm³/mol. The van der Waals surface area contributed by atoms with Crippen molar-refractivity contribution < 1.29 is 17.9 Å². The maximum absolute atomic E-state index is 11.5. The van der Waals surface area contributed by atoms with E-state index in [1.54, 1.807) is 0 Å². The fourth-order valence-electron chi connectivity index (χ4n) is 1.79. The van der Waals surface area contributed by atoms with Crippen LogP contribution in [0.2, 0.25) is 0 Å². The molecule has 1 heterocycles. The molecule has 0 aliphatic carbocycles. The van der Waals surface area contributed by atoms with Gasteiger partial charge >= 0.3 is 6.09 Å². The molecule has 16 heavy (non-hydrogen) atoms. The van der Waals surface area contributed by atoms with Crippen molar-refractivity contribution in [3.05, 3.63) is 0 Å². The standard InChI is InChI=1S/C10H19NO4S/c1-3-4-5-6-11(10(12)15-2)9-7-16(13,14)8-9/h9H,3-8H2,1-2H3. The minimum atomic E-state index is -2.90. The van der Waals surface area contributed by atoms with Crippen molar-refractivity contribution in [2.24, 2.45) is 0 Å². The minimum absolute atomic E-state index is 0.0776. The molecular formula is C10H19NO4S. The van der Waals surface area contributed by atoms with Crippen molar-refractivity contribution in [3.63, 3.8) is 0 Å². The van der Waals surface area contributed by atoms with Gasteiger partial charge in [0.15, 0.2) is 9.84 Å². The normalized spacial score (nSPS) is 18.9. The Morgan fingerprint density at radius 3 is 2.44 bits per heavy atom. The van der Waals surface area contributed by atoms with E-state index in [4.69, 9.17) is 0 Å². The summed E-state index contributed by atoms with van der Waals surface area (Å²) < 4.78 is 26.8. The van der Waals surface area contributed by atoms with Crippen LogP contribution in [0.3, 0.4) is 0 Å². The van der Waals surface area contributed by atoms with Crippen molar-refractivity contribution in [2.75, 3.05) is 25.2 Å². The molecule has 94 valence electrons. The summed E-state index contributed by atoms with van der Waals surface area (Å²) in [7, 11) is -1.58. The van der Waals surface area contributed by atoms with Gasteiger partial charge in [0, 0.05) is 6.54 Å². The maximum atomic E-state index is 11.5. The highest BCUT2D eigenvalue weighted by Gasteiger charge is 2.39. The molecule has 0 spiro atoms. The number of methoxy groups -OCH3 is 1. The van der Waals surface area contributed by atoms with Gasteiger partial charge in [-0.1, -0.05) is 19.8 Å². The van der Waals surface area contributed by atoms with Crippen LogP contribution in [0.15, 0.2) is 0 Å². The zero-order chi connectivity index (χ0) is 12.2. The second-order valence-electron chi connectivity index (χ2n) is 4.10. The Morgan fingerprint density at radius 2 is 2.00 bits per heavy atom. The highest BCUT2D eigenvalue weighted by atomic mass is 32.2. The lowest BCUT2D eigenvalue weighted by Gasteiger charge is -2.35. The summed E-state index contributed by atoms with van der Waals surface area (Å²) in [5.74, 6) is 0.155. The second-order valence-corrected chi connectivity index (χ2v) is 6.26. The van der Waals surface area contributed by atoms with Gasteiger partial charge in [0.25, 0.3) is 0 Å². The van der Waals surface area contributed by atoms with E-state index >= 15 is 0 Å². The molecule has 0 N–H and O–H groups in total. The van der Waals surface area contributed by atoms with Crippen molar-refractivity contribution in [1.29, 1.82) is 0 Å². The highest BCUT2D eigenvalue weighted by Crippen LogP contribution is 2.19. The molecule has 1 aliphatic heterocycles. The van der Waals surface area contributed by atoms with Crippen LogP contribution in [0.5, 0.6) is 0 Å². The quantitative estimate of drug-likeness (QED) is 0.683. The van der Waals surface area contributed by atoms with Crippen LogP contribution in [0, 0.1) is 0 Å². The zero-order valence-corrected chi connectivity index (χ0v) is 10.6. The van der Waals surface area contributed by atoms with Crippen LogP contribution in [-0.2, 0) is 14.6 Å². The molecule has 6 heteroatoms. The third kappa shape index (κ3) is 3.37. The number of unbranched alkanes of at least 4 members (excludes halogenated alkanes) is 2. The number of carbonyl (C=O) groups is 1. The van der Waals surface area contributed by atoms with E-state index in [0.29, 0.717) is 6.54 Å². The van der Waals surface area contributed by atoms with Crippen LogP contribution in [0.4, 0.5) is 4.79 Å². The summed E-state index contributed by atoms with van der Waals surface area (Å²) in [6, 6.07) is -0.186. The Hall–Kier alpha value is -0.780. The van der Waals surface area contributed by atoms with Crippen molar-refractivity contribution >= 4 is 15.9 Å². The third-order valence-corrected chi connectivity index (χ3v) is 4.53. The average Bonchev–Trinajstić information content (AvgIpc) is 2.20. The number of rotatable bonds is 5. The molecular weight excluding hydrogens is 230 g/mol. The van der Waals surface area contributed by atoms with Crippen molar-refractivity contribution in [2.45, 2.75) is 32.2 Å². The number of sulfone groups is 1. The van der Waals surface area contributed by atoms with Crippen molar-refractivity contribution in [1.82, 2.24) is 4.90 Å². The molecule has 0 aromatic rings. The molecule has 0 aromatic carbocycles. The molecule has 0 atom stereocenters. The van der Waals surface area contributed by atoms with E-state index in [2.05, 4.69) is 11.7 Å². The number of nitrogens with zero attached hydrogens (tertiary/aromatic N) is 1. The lowest BCUT2D eigenvalue weighted by molar-refractivity contribution is 0.109. The van der Waals surface area contributed by atoms with Crippen LogP contribution in [0.1, 0.15) is 26.2 Å². The maximum Gasteiger partial charge on any atom is 0.409 e. The molecule has 0 aromatic heterocycles. The molecule has 0 unspecified atom stereocenters. The van der Waals surface area contributed by atoms with E-state index in [9.17, 15) is 13.2 Å². The Kier molecular flexibility index (Phi) is 4.58. The molecule has 1 amide bonds. The van der Waals surface area contributed by atoms with Crippen LogP contribution < -0.4 is 0 Å². The number of hydrogen-bond acceptors (Lipinski definition) is 4. The molecule has 1 fully saturated rings. The van der Waals surface area contributed by atoms with Crippen LogP contribution >= 0.6 is 0 Å². The van der Waals surface area contributed by atoms with E-state index in [1.807, 2.05) is 0 Å². The number of carbonyl (C=O) groups excluding carboxylic acids is 1. The molecule has 1 aliphatic rings. The van der Waals surface area contributed by atoms with Gasteiger partial charge in [-0.3, -0.25) is 0 Å². The SMILES string of the molecule is CCCCCN(C(=O)OC)C1CS(=O)(=O)C1. The first kappa shape index (κ1) is 13.3. The first-order valence-corrected chi connectivity index (χ1v) is 7.37. The monoisotopic (exact) mass is 249 g/mol. The molecule has 1 rings (SSSR count). The third-order valence-electron chi connectivity index (χ3n) is 2.75. The Morgan fingerprint density at radius 1 is 1.38 bits per heavy atom. The van der Waals surface area contributed by atoms with Crippen LogP contribution in [-0.4, -0.2) is 50.6 Å². The van der Waals surface area contributed by atoms with Crippen LogP contribution in [0.25, 0.3) is 0 Å². The Labute approximate surface area is 96.7 Å². The summed E-state index contributed by atoms with van der Waals surface area (Å²) in [5, 5.41) is 0. The largest absolute Gasteiger partial charge is 0.453 e. The van der Waals surface area contributed by atoms with E-state index in [1.165, 1.54) is 12.0 Å². The molecule has 0 bridgehead atoms. The summed E-state index contributed by atoms with van der Waals surface area (Å²) in [4.78, 5) is 13.0. The first-order chi connectivity index (χ1) is 7.50. The van der Waals surface area contributed by atoms with Gasteiger partial charge < -0.3 is 9.64 Å². The molecule has 0 radical (unpaired) electrons. The fraction of sp³-hybridized carbons (Fsp3) is 0.900. The second kappa shape index (κ2) is 5.52. The molecule has 0 saturated carbocycles. The predicted octanol–water partition coefficient (Wildman–Crippen LogP) is 1.04. The summed E-state index contributed by atoms with van der Waals surface area (Å²) in [6.45, 7) is 2.66. The smallest absolute Gasteiger partial charge is 0.409 e. The van der Waals surface area contributed by atoms with Gasteiger partial charge in [0.2, 0.25) is 0 Å². The first-order valence-electron chi connectivity index (χ1n) is 5.55. The Balaban J connectivity index is 2.48. The zero-order valence-electron chi connectivity index (χ0n) is 9.81. The minimum Gasteiger partial charge on any atom is -0.453 e. The summed E-state index contributed by atoms with van der Waals surface area (Å²) >= 11 is 0. The number of ether oxygens (including phenoxy) is 1. The van der Waals surface area contributed by atoms with Gasteiger partial charge in [-0.15, -0.1) is 0 Å². The number of hydrogen-bond donors (Lipinski definition) is 0. The average molecular weight is 249 g/mol. The lowest BCUT2D eigenvalue weighted by atomic mass is 10.2. The summed E-state index contributed by atoms with van der Waals surface area (Å²) in [5.41, 5.74) is 0. The van der Waals surface area contributed by atoms with Gasteiger partial charge in [0.05, 0.1) is 24.7 Å². The molecule has 5 nitrogen and oxygen atoms in total. The highest BCUT2D eigenvalue weighted by molar-refractivity contribution is 7.92. The fourth-order valence-corrected chi connectivity index (χ4v) is 3.22. The van der Waals surface area contributed by atoms with E-state index < -0.39 is 15.9 Å². The lowest BCUT2D eigenvalue weighted by Crippen LogP contribution is -2.55. The van der Waals surface area contributed by atoms with Gasteiger partial charge in [-0.2, -0.15) is 0 Å². The van der Waals surface area contributed by atoms with E-state index in [0.717, 1.165) is 19.3 Å².